The zero-order valence-corrected chi connectivity index (χ0v) is 12.5. The fourth-order valence-electron chi connectivity index (χ4n) is 2.13. The summed E-state index contributed by atoms with van der Waals surface area (Å²) in [5.41, 5.74) is 2.04. The highest BCUT2D eigenvalue weighted by atomic mass is 28.3. The summed E-state index contributed by atoms with van der Waals surface area (Å²) in [6.07, 6.45) is 1.75. The molecule has 0 bridgehead atoms. The summed E-state index contributed by atoms with van der Waals surface area (Å²) >= 11 is 0. The number of carbonyl (C=O) groups is 1. The van der Waals surface area contributed by atoms with Crippen molar-refractivity contribution in [1.29, 1.82) is 5.26 Å². The van der Waals surface area contributed by atoms with E-state index < -0.39 is 8.07 Å². The summed E-state index contributed by atoms with van der Waals surface area (Å²) in [7, 11) is -0.219. The van der Waals surface area contributed by atoms with Gasteiger partial charge in [-0.1, -0.05) is 19.6 Å². The first-order valence-corrected chi connectivity index (χ1v) is 9.52. The average Bonchev–Trinajstić information content (AvgIpc) is 2.75. The average molecular weight is 272 g/mol. The lowest BCUT2D eigenvalue weighted by Gasteiger charge is -2.15. The molecule has 0 atom stereocenters. The fraction of sp³-hybridized carbons (Fsp3) is 0.286. The molecule has 2 heterocycles. The first-order valence-electron chi connectivity index (χ1n) is 6.02. The summed E-state index contributed by atoms with van der Waals surface area (Å²) in [6, 6.07) is 7.61. The highest BCUT2D eigenvalue weighted by Gasteiger charge is 2.23. The van der Waals surface area contributed by atoms with Crippen LogP contribution in [0.4, 0.5) is 0 Å². The van der Waals surface area contributed by atoms with Crippen molar-refractivity contribution < 1.29 is 9.53 Å². The van der Waals surface area contributed by atoms with Crippen LogP contribution in [-0.4, -0.2) is 25.6 Å². The number of pyridine rings is 1. The molecule has 0 aliphatic rings. The molecular formula is C14H16N2O2Si. The molecule has 2 aromatic rings. The minimum Gasteiger partial charge on any atom is -0.465 e. The molecule has 19 heavy (non-hydrogen) atoms. The van der Waals surface area contributed by atoms with Crippen molar-refractivity contribution in [3.8, 4) is 6.07 Å². The number of nitriles is 1. The van der Waals surface area contributed by atoms with Crippen LogP contribution in [0, 0.1) is 11.3 Å². The Balaban J connectivity index is 2.76. The standard InChI is InChI=1S/C14H16N2O2Si/c1-18-14(17)10-5-6-16-11(9-15)8-13(12(16)7-10)19(2,3)4/h5-8H,1-4H3. The van der Waals surface area contributed by atoms with Gasteiger partial charge in [-0.05, 0) is 23.4 Å². The Kier molecular flexibility index (Phi) is 3.21. The van der Waals surface area contributed by atoms with Gasteiger partial charge in [-0.3, -0.25) is 0 Å². The lowest BCUT2D eigenvalue weighted by molar-refractivity contribution is 0.0600. The zero-order chi connectivity index (χ0) is 14.2. The van der Waals surface area contributed by atoms with E-state index in [1.54, 1.807) is 18.3 Å². The van der Waals surface area contributed by atoms with E-state index in [1.807, 2.05) is 10.5 Å². The van der Waals surface area contributed by atoms with Crippen molar-refractivity contribution >= 4 is 24.7 Å². The Bertz CT molecular complexity index is 690. The maximum atomic E-state index is 11.6. The van der Waals surface area contributed by atoms with Gasteiger partial charge in [0.2, 0.25) is 0 Å². The number of aromatic nitrogens is 1. The summed E-state index contributed by atoms with van der Waals surface area (Å²) in [5.74, 6) is -0.358. The van der Waals surface area contributed by atoms with E-state index in [2.05, 4.69) is 25.7 Å². The van der Waals surface area contributed by atoms with Gasteiger partial charge in [-0.2, -0.15) is 5.26 Å². The highest BCUT2D eigenvalue weighted by molar-refractivity contribution is 6.90. The molecule has 0 fully saturated rings. The summed E-state index contributed by atoms with van der Waals surface area (Å²) in [4.78, 5) is 11.6. The van der Waals surface area contributed by atoms with Gasteiger partial charge in [0.15, 0.2) is 0 Å². The molecule has 2 aromatic heterocycles. The number of ether oxygens (including phenoxy) is 1. The minimum absolute atomic E-state index is 0.358. The molecule has 0 radical (unpaired) electrons. The van der Waals surface area contributed by atoms with Crippen LogP contribution in [0.2, 0.25) is 19.6 Å². The Morgan fingerprint density at radius 1 is 1.37 bits per heavy atom. The van der Waals surface area contributed by atoms with Crippen LogP contribution in [0.5, 0.6) is 0 Å². The van der Waals surface area contributed by atoms with E-state index in [0.717, 1.165) is 5.52 Å². The van der Waals surface area contributed by atoms with Gasteiger partial charge in [0.25, 0.3) is 0 Å². The Hall–Kier alpha value is -2.06. The maximum Gasteiger partial charge on any atom is 0.337 e. The number of hydrogen-bond acceptors (Lipinski definition) is 3. The highest BCUT2D eigenvalue weighted by Crippen LogP contribution is 2.16. The van der Waals surface area contributed by atoms with Gasteiger partial charge in [0, 0.05) is 11.7 Å². The molecule has 0 N–H and O–H groups in total. The summed E-state index contributed by atoms with van der Waals surface area (Å²) in [6.45, 7) is 6.65. The monoisotopic (exact) mass is 272 g/mol. The second-order valence-corrected chi connectivity index (χ2v) is 10.5. The number of fused-ring (bicyclic) bond motifs is 1. The number of carbonyl (C=O) groups excluding carboxylic acids is 1. The van der Waals surface area contributed by atoms with Gasteiger partial charge in [-0.25, -0.2) is 4.79 Å². The second-order valence-electron chi connectivity index (χ2n) is 5.47. The number of esters is 1. The summed E-state index contributed by atoms with van der Waals surface area (Å²) < 4.78 is 6.58. The molecule has 98 valence electrons. The van der Waals surface area contributed by atoms with Gasteiger partial charge in [0.05, 0.1) is 20.7 Å². The molecule has 0 spiro atoms. The maximum absolute atomic E-state index is 11.6. The molecule has 4 nitrogen and oxygen atoms in total. The van der Waals surface area contributed by atoms with Crippen LogP contribution in [0.1, 0.15) is 16.1 Å². The summed E-state index contributed by atoms with van der Waals surface area (Å²) in [5, 5.41) is 10.4. The SMILES string of the molecule is COC(=O)c1ccn2c(C#N)cc([Si](C)(C)C)c2c1. The molecule has 0 amide bonds. The smallest absolute Gasteiger partial charge is 0.337 e. The van der Waals surface area contributed by atoms with Gasteiger partial charge < -0.3 is 9.14 Å². The normalized spacial score (nSPS) is 11.3. The van der Waals surface area contributed by atoms with Crippen LogP contribution in [-0.2, 0) is 4.74 Å². The molecule has 0 aromatic carbocycles. The first-order chi connectivity index (χ1) is 8.88. The molecule has 5 heteroatoms. The Labute approximate surface area is 113 Å². The van der Waals surface area contributed by atoms with E-state index in [4.69, 9.17) is 4.74 Å². The number of methoxy groups -OCH3 is 1. The predicted molar refractivity (Wildman–Crippen MR) is 76.4 cm³/mol. The molecule has 2 rings (SSSR count). The van der Waals surface area contributed by atoms with E-state index >= 15 is 0 Å². The topological polar surface area (TPSA) is 54.5 Å². The van der Waals surface area contributed by atoms with Gasteiger partial charge >= 0.3 is 5.97 Å². The predicted octanol–water partition coefficient (Wildman–Crippen LogP) is 2.14. The number of hydrogen-bond donors (Lipinski definition) is 0. The first kappa shape index (κ1) is 13.4. The van der Waals surface area contributed by atoms with E-state index in [1.165, 1.54) is 12.3 Å². The molecule has 0 saturated heterocycles. The van der Waals surface area contributed by atoms with Crippen molar-refractivity contribution in [3.05, 3.63) is 35.7 Å². The number of rotatable bonds is 2. The van der Waals surface area contributed by atoms with Crippen molar-refractivity contribution in [2.45, 2.75) is 19.6 Å². The molecule has 0 aliphatic carbocycles. The largest absolute Gasteiger partial charge is 0.465 e. The quantitative estimate of drug-likeness (QED) is 0.621. The van der Waals surface area contributed by atoms with Gasteiger partial charge in [-0.15, -0.1) is 0 Å². The van der Waals surface area contributed by atoms with E-state index in [9.17, 15) is 10.1 Å². The van der Waals surface area contributed by atoms with Crippen LogP contribution in [0.3, 0.4) is 0 Å². The third kappa shape index (κ3) is 2.27. The van der Waals surface area contributed by atoms with Crippen molar-refractivity contribution in [3.63, 3.8) is 0 Å². The van der Waals surface area contributed by atoms with Crippen LogP contribution in [0.25, 0.3) is 5.52 Å². The Morgan fingerprint density at radius 3 is 2.58 bits per heavy atom. The second kappa shape index (κ2) is 4.56. The zero-order valence-electron chi connectivity index (χ0n) is 11.5. The third-order valence-electron chi connectivity index (χ3n) is 3.12. The minimum atomic E-state index is -1.59. The molecular weight excluding hydrogens is 256 g/mol. The Morgan fingerprint density at radius 2 is 2.05 bits per heavy atom. The van der Waals surface area contributed by atoms with Crippen molar-refractivity contribution in [2.75, 3.05) is 7.11 Å². The van der Waals surface area contributed by atoms with E-state index in [-0.39, 0.29) is 5.97 Å². The van der Waals surface area contributed by atoms with Crippen LogP contribution < -0.4 is 5.19 Å². The van der Waals surface area contributed by atoms with Crippen molar-refractivity contribution in [1.82, 2.24) is 4.40 Å². The number of nitrogens with zero attached hydrogens (tertiary/aromatic N) is 2. The van der Waals surface area contributed by atoms with Gasteiger partial charge in [0.1, 0.15) is 11.8 Å². The fourth-order valence-corrected chi connectivity index (χ4v) is 3.66. The van der Waals surface area contributed by atoms with Crippen LogP contribution in [0.15, 0.2) is 24.4 Å². The molecule has 0 unspecified atom stereocenters. The molecule has 0 aliphatic heterocycles. The molecule has 0 saturated carbocycles. The van der Waals surface area contributed by atoms with Crippen molar-refractivity contribution in [2.24, 2.45) is 0 Å². The lowest BCUT2D eigenvalue weighted by atomic mass is 10.2. The third-order valence-corrected chi connectivity index (χ3v) is 5.13. The lowest BCUT2D eigenvalue weighted by Crippen LogP contribution is -2.37. The van der Waals surface area contributed by atoms with E-state index in [0.29, 0.717) is 11.3 Å². The van der Waals surface area contributed by atoms with Crippen LogP contribution >= 0.6 is 0 Å².